The topological polar surface area (TPSA) is 80.2 Å². The third-order valence-electron chi connectivity index (χ3n) is 4.75. The van der Waals surface area contributed by atoms with Crippen molar-refractivity contribution in [1.82, 2.24) is 4.90 Å². The van der Waals surface area contributed by atoms with E-state index in [1.807, 2.05) is 33.8 Å². The minimum absolute atomic E-state index is 0.00935. The number of methoxy groups -OCH3 is 1. The molecule has 3 rings (SSSR count). The van der Waals surface area contributed by atoms with E-state index in [9.17, 15) is 14.0 Å². The van der Waals surface area contributed by atoms with E-state index in [0.29, 0.717) is 27.3 Å². The molecule has 2 amide bonds. The quantitative estimate of drug-likeness (QED) is 0.313. The zero-order valence-corrected chi connectivity index (χ0v) is 23.1. The van der Waals surface area contributed by atoms with Crippen LogP contribution in [0.1, 0.15) is 33.3 Å². The van der Waals surface area contributed by atoms with Crippen molar-refractivity contribution < 1.29 is 23.5 Å². The molecular formula is C25H27FIN3O4S. The van der Waals surface area contributed by atoms with Crippen LogP contribution in [0.15, 0.2) is 46.3 Å². The molecule has 0 atom stereocenters. The Kier molecular flexibility index (Phi) is 9.17. The molecule has 1 N–H and O–H groups in total. The number of thioether (sulfide) groups is 1. The summed E-state index contributed by atoms with van der Waals surface area (Å²) in [5.41, 5.74) is 1.23. The third kappa shape index (κ3) is 6.97. The number of benzene rings is 2. The van der Waals surface area contributed by atoms with Crippen LogP contribution >= 0.6 is 34.4 Å². The second-order valence-electron chi connectivity index (χ2n) is 8.26. The number of anilines is 1. The number of nitrogens with zero attached hydrogens (tertiary/aromatic N) is 2. The molecule has 0 unspecified atom stereocenters. The molecule has 7 nitrogen and oxygen atoms in total. The molecule has 35 heavy (non-hydrogen) atoms. The molecule has 0 spiro atoms. The molecular weight excluding hydrogens is 584 g/mol. The van der Waals surface area contributed by atoms with Crippen LogP contribution in [0.5, 0.6) is 11.5 Å². The van der Waals surface area contributed by atoms with Gasteiger partial charge in [0.1, 0.15) is 5.82 Å². The average molecular weight is 611 g/mol. The van der Waals surface area contributed by atoms with Gasteiger partial charge in [0.05, 0.1) is 15.6 Å². The predicted molar refractivity (Wildman–Crippen MR) is 146 cm³/mol. The molecule has 1 saturated heterocycles. The second-order valence-corrected chi connectivity index (χ2v) is 10.4. The fourth-order valence-corrected chi connectivity index (χ4v) is 5.25. The largest absolute Gasteiger partial charge is 0.493 e. The number of ether oxygens (including phenoxy) is 2. The number of amidine groups is 1. The molecule has 2 aromatic carbocycles. The molecule has 0 saturated carbocycles. The van der Waals surface area contributed by atoms with Gasteiger partial charge in [0.2, 0.25) is 0 Å². The molecule has 1 fully saturated rings. The first-order valence-electron chi connectivity index (χ1n) is 11.0. The summed E-state index contributed by atoms with van der Waals surface area (Å²) in [4.78, 5) is 32.2. The highest BCUT2D eigenvalue weighted by Gasteiger charge is 2.35. The van der Waals surface area contributed by atoms with Gasteiger partial charge in [-0.1, -0.05) is 0 Å². The maximum Gasteiger partial charge on any atom is 0.266 e. The van der Waals surface area contributed by atoms with Crippen LogP contribution in [0.25, 0.3) is 6.08 Å². The van der Waals surface area contributed by atoms with Crippen molar-refractivity contribution in [2.75, 3.05) is 19.0 Å². The van der Waals surface area contributed by atoms with E-state index in [0.717, 1.165) is 9.13 Å². The van der Waals surface area contributed by atoms with Gasteiger partial charge in [-0.3, -0.25) is 19.5 Å². The van der Waals surface area contributed by atoms with Crippen LogP contribution in [-0.2, 0) is 9.59 Å². The number of carbonyl (C=O) groups is 2. The van der Waals surface area contributed by atoms with E-state index in [4.69, 9.17) is 9.47 Å². The van der Waals surface area contributed by atoms with E-state index < -0.39 is 0 Å². The Morgan fingerprint density at radius 1 is 1.23 bits per heavy atom. The molecule has 0 aromatic heterocycles. The van der Waals surface area contributed by atoms with Gasteiger partial charge in [0.25, 0.3) is 11.8 Å². The molecule has 10 heteroatoms. The Hall–Kier alpha value is -2.60. The van der Waals surface area contributed by atoms with Crippen molar-refractivity contribution in [2.24, 2.45) is 4.99 Å². The third-order valence-corrected chi connectivity index (χ3v) is 6.55. The van der Waals surface area contributed by atoms with Crippen LogP contribution in [0, 0.1) is 9.39 Å². The lowest BCUT2D eigenvalue weighted by atomic mass is 10.1. The summed E-state index contributed by atoms with van der Waals surface area (Å²) in [6.07, 6.45) is 1.81. The summed E-state index contributed by atoms with van der Waals surface area (Å²) in [6, 6.07) is 9.15. The number of aliphatic imine (C=N–C) groups is 1. The lowest BCUT2D eigenvalue weighted by Gasteiger charge is -2.20. The summed E-state index contributed by atoms with van der Waals surface area (Å²) < 4.78 is 25.0. The highest BCUT2D eigenvalue weighted by Crippen LogP contribution is 2.38. The normalized spacial score (nSPS) is 16.0. The monoisotopic (exact) mass is 611 g/mol. The Labute approximate surface area is 222 Å². The maximum absolute atomic E-state index is 13.0. The number of rotatable bonds is 8. The first kappa shape index (κ1) is 27.0. The zero-order valence-electron chi connectivity index (χ0n) is 20.1. The van der Waals surface area contributed by atoms with Crippen LogP contribution < -0.4 is 14.8 Å². The Bertz CT molecular complexity index is 1170. The first-order chi connectivity index (χ1) is 16.6. The molecule has 0 bridgehead atoms. The van der Waals surface area contributed by atoms with Gasteiger partial charge in [-0.25, -0.2) is 4.39 Å². The van der Waals surface area contributed by atoms with Gasteiger partial charge in [-0.15, -0.1) is 0 Å². The SMILES string of the molecule is COc1cc(/C=C2/SC(=NC(C)C)N(C(C)C)C2=O)cc(I)c1OCC(=O)Nc1ccc(F)cc1. The summed E-state index contributed by atoms with van der Waals surface area (Å²) in [6.45, 7) is 7.62. The molecule has 1 aliphatic rings. The first-order valence-corrected chi connectivity index (χ1v) is 12.8. The van der Waals surface area contributed by atoms with E-state index in [1.165, 1.54) is 43.1 Å². The van der Waals surface area contributed by atoms with Crippen LogP contribution in [0.2, 0.25) is 0 Å². The van der Waals surface area contributed by atoms with Gasteiger partial charge in [0.15, 0.2) is 23.3 Å². The molecule has 2 aromatic rings. The van der Waals surface area contributed by atoms with Crippen LogP contribution in [-0.4, -0.2) is 47.7 Å². The number of hydrogen-bond acceptors (Lipinski definition) is 6. The molecule has 186 valence electrons. The van der Waals surface area contributed by atoms with Gasteiger partial charge in [-0.2, -0.15) is 0 Å². The van der Waals surface area contributed by atoms with Gasteiger partial charge >= 0.3 is 0 Å². The minimum atomic E-state index is -0.389. The molecule has 0 aliphatic carbocycles. The highest BCUT2D eigenvalue weighted by molar-refractivity contribution is 14.1. The smallest absolute Gasteiger partial charge is 0.266 e. The summed E-state index contributed by atoms with van der Waals surface area (Å²) >= 11 is 3.46. The van der Waals surface area contributed by atoms with Crippen molar-refractivity contribution in [3.05, 3.63) is 56.3 Å². The molecule has 0 radical (unpaired) electrons. The average Bonchev–Trinajstić information content (AvgIpc) is 3.08. The summed E-state index contributed by atoms with van der Waals surface area (Å²) in [5, 5.41) is 3.35. The Morgan fingerprint density at radius 2 is 1.91 bits per heavy atom. The Balaban J connectivity index is 1.78. The fraction of sp³-hybridized carbons (Fsp3) is 0.320. The standard InChI is InChI=1S/C25H27FIN3O4S/c1-14(2)28-25-30(15(3)4)24(32)21(35-25)12-16-10-19(27)23(20(11-16)33-5)34-13-22(31)29-18-8-6-17(26)7-9-18/h6-12,14-15H,13H2,1-5H3,(H,29,31)/b21-12+,28-25?. The maximum atomic E-state index is 13.0. The minimum Gasteiger partial charge on any atom is -0.493 e. The number of amides is 2. The van der Waals surface area contributed by atoms with E-state index >= 15 is 0 Å². The van der Waals surface area contributed by atoms with Crippen molar-refractivity contribution in [3.8, 4) is 11.5 Å². The van der Waals surface area contributed by atoms with Crippen LogP contribution in [0.4, 0.5) is 10.1 Å². The predicted octanol–water partition coefficient (Wildman–Crippen LogP) is 5.55. The Morgan fingerprint density at radius 3 is 2.51 bits per heavy atom. The lowest BCUT2D eigenvalue weighted by molar-refractivity contribution is -0.123. The van der Waals surface area contributed by atoms with Crippen molar-refractivity contribution in [1.29, 1.82) is 0 Å². The lowest BCUT2D eigenvalue weighted by Crippen LogP contribution is -2.35. The second kappa shape index (κ2) is 11.9. The van der Waals surface area contributed by atoms with Crippen molar-refractivity contribution in [2.45, 2.75) is 39.8 Å². The van der Waals surface area contributed by atoms with E-state index in [2.05, 4.69) is 32.9 Å². The number of halogens is 2. The van der Waals surface area contributed by atoms with Crippen molar-refractivity contribution in [3.63, 3.8) is 0 Å². The number of hydrogen-bond donors (Lipinski definition) is 1. The fourth-order valence-electron chi connectivity index (χ4n) is 3.24. The van der Waals surface area contributed by atoms with Crippen molar-refractivity contribution >= 4 is 63.1 Å². The number of carbonyl (C=O) groups excluding carboxylic acids is 2. The van der Waals surface area contributed by atoms with E-state index in [-0.39, 0.29) is 36.3 Å². The summed E-state index contributed by atoms with van der Waals surface area (Å²) in [5.74, 6) is -0.00601. The molecule has 1 heterocycles. The highest BCUT2D eigenvalue weighted by atomic mass is 127. The van der Waals surface area contributed by atoms with Gasteiger partial charge in [0, 0.05) is 17.8 Å². The molecule has 1 aliphatic heterocycles. The number of nitrogens with one attached hydrogen (secondary N) is 1. The van der Waals surface area contributed by atoms with Gasteiger partial charge < -0.3 is 14.8 Å². The van der Waals surface area contributed by atoms with E-state index in [1.54, 1.807) is 17.0 Å². The van der Waals surface area contributed by atoms with Crippen LogP contribution in [0.3, 0.4) is 0 Å². The zero-order chi connectivity index (χ0) is 25.7. The summed E-state index contributed by atoms with van der Waals surface area (Å²) in [7, 11) is 1.51. The van der Waals surface area contributed by atoms with Gasteiger partial charge in [-0.05, 0) is 110 Å².